The molecule has 0 unspecified atom stereocenters. The predicted molar refractivity (Wildman–Crippen MR) is 70.6 cm³/mol. The van der Waals surface area contributed by atoms with E-state index in [1.165, 1.54) is 5.57 Å². The predicted octanol–water partition coefficient (Wildman–Crippen LogP) is 1.78. The van der Waals surface area contributed by atoms with Gasteiger partial charge >= 0.3 is 0 Å². The number of benzene rings is 1. The first kappa shape index (κ1) is 11.3. The van der Waals surface area contributed by atoms with E-state index >= 15 is 0 Å². The van der Waals surface area contributed by atoms with Crippen LogP contribution in [0.4, 0.5) is 5.69 Å². The van der Waals surface area contributed by atoms with E-state index in [0.29, 0.717) is 0 Å². The van der Waals surface area contributed by atoms with Crippen molar-refractivity contribution in [3.05, 3.63) is 29.3 Å². The average Bonchev–Trinajstić information content (AvgIpc) is 2.74. The van der Waals surface area contributed by atoms with E-state index in [2.05, 4.69) is 10.6 Å². The maximum Gasteiger partial charge on any atom is 0.256 e. The van der Waals surface area contributed by atoms with Crippen LogP contribution in [-0.4, -0.2) is 26.1 Å². The van der Waals surface area contributed by atoms with Gasteiger partial charge in [-0.15, -0.1) is 0 Å². The van der Waals surface area contributed by atoms with E-state index in [4.69, 9.17) is 4.74 Å². The molecule has 1 aromatic rings. The number of nitrogens with one attached hydrogen (secondary N) is 2. The third kappa shape index (κ3) is 1.78. The Balaban J connectivity index is 2.06. The van der Waals surface area contributed by atoms with Gasteiger partial charge in [0.15, 0.2) is 0 Å². The number of hydrogen-bond donors (Lipinski definition) is 2. The Morgan fingerprint density at radius 2 is 2.00 bits per heavy atom. The Morgan fingerprint density at radius 3 is 2.72 bits per heavy atom. The summed E-state index contributed by atoms with van der Waals surface area (Å²) in [5.74, 6) is 0.792. The fraction of sp³-hybridized carbons (Fsp3) is 0.357. The molecule has 2 aliphatic rings. The van der Waals surface area contributed by atoms with Crippen molar-refractivity contribution in [2.45, 2.75) is 12.8 Å². The summed E-state index contributed by atoms with van der Waals surface area (Å²) in [4.78, 5) is 12.1. The van der Waals surface area contributed by atoms with Gasteiger partial charge in [0, 0.05) is 17.2 Å². The number of piperidine rings is 1. The molecule has 0 aliphatic carbocycles. The molecule has 18 heavy (non-hydrogen) atoms. The molecule has 94 valence electrons. The molecule has 0 spiro atoms. The Hall–Kier alpha value is -1.81. The van der Waals surface area contributed by atoms with Crippen molar-refractivity contribution in [3.8, 4) is 5.75 Å². The second-order valence-corrected chi connectivity index (χ2v) is 4.59. The molecule has 1 fully saturated rings. The van der Waals surface area contributed by atoms with Crippen molar-refractivity contribution < 1.29 is 9.53 Å². The van der Waals surface area contributed by atoms with Gasteiger partial charge in [0.2, 0.25) is 0 Å². The standard InChI is InChI=1S/C14H16N2O2/c1-18-10-2-3-11-12(8-10)16-14(17)13(11)9-4-6-15-7-5-9/h2-3,8,15H,4-7H2,1H3,(H,16,17). The minimum atomic E-state index is 0.0233. The fourth-order valence-electron chi connectivity index (χ4n) is 2.61. The molecule has 0 radical (unpaired) electrons. The van der Waals surface area contributed by atoms with E-state index in [0.717, 1.165) is 48.5 Å². The zero-order chi connectivity index (χ0) is 12.5. The van der Waals surface area contributed by atoms with Gasteiger partial charge in [-0.2, -0.15) is 0 Å². The molecule has 1 amide bonds. The van der Waals surface area contributed by atoms with Gasteiger partial charge in [0.25, 0.3) is 5.91 Å². The highest BCUT2D eigenvalue weighted by Crippen LogP contribution is 2.37. The number of carbonyl (C=O) groups is 1. The van der Waals surface area contributed by atoms with Gasteiger partial charge in [-0.1, -0.05) is 5.57 Å². The lowest BCUT2D eigenvalue weighted by Crippen LogP contribution is -2.24. The maximum atomic E-state index is 12.1. The van der Waals surface area contributed by atoms with Crippen LogP contribution in [-0.2, 0) is 4.79 Å². The molecule has 2 heterocycles. The smallest absolute Gasteiger partial charge is 0.256 e. The Kier molecular flexibility index (Phi) is 2.80. The summed E-state index contributed by atoms with van der Waals surface area (Å²) in [6.07, 6.45) is 1.91. The SMILES string of the molecule is COc1ccc2c(c1)NC(=O)C2=C1CCNCC1. The summed E-state index contributed by atoms with van der Waals surface area (Å²) >= 11 is 0. The van der Waals surface area contributed by atoms with Crippen molar-refractivity contribution in [2.75, 3.05) is 25.5 Å². The number of methoxy groups -OCH3 is 1. The molecular weight excluding hydrogens is 228 g/mol. The Bertz CT molecular complexity index is 527. The molecule has 0 saturated carbocycles. The molecule has 4 heteroatoms. The first-order chi connectivity index (χ1) is 8.79. The Morgan fingerprint density at radius 1 is 1.22 bits per heavy atom. The van der Waals surface area contributed by atoms with E-state index in [9.17, 15) is 4.79 Å². The fourth-order valence-corrected chi connectivity index (χ4v) is 2.61. The Labute approximate surface area is 106 Å². The van der Waals surface area contributed by atoms with Crippen LogP contribution in [0.15, 0.2) is 23.8 Å². The molecular formula is C14H16N2O2. The van der Waals surface area contributed by atoms with Crippen molar-refractivity contribution in [3.63, 3.8) is 0 Å². The maximum absolute atomic E-state index is 12.1. The van der Waals surface area contributed by atoms with Gasteiger partial charge in [0.05, 0.1) is 12.8 Å². The number of rotatable bonds is 1. The van der Waals surface area contributed by atoms with Crippen LogP contribution in [0, 0.1) is 0 Å². The van der Waals surface area contributed by atoms with Gasteiger partial charge in [-0.3, -0.25) is 4.79 Å². The van der Waals surface area contributed by atoms with Crippen molar-refractivity contribution in [2.24, 2.45) is 0 Å². The molecule has 2 N–H and O–H groups in total. The van der Waals surface area contributed by atoms with Crippen LogP contribution < -0.4 is 15.4 Å². The number of ether oxygens (including phenoxy) is 1. The molecule has 2 aliphatic heterocycles. The first-order valence-corrected chi connectivity index (χ1v) is 6.22. The lowest BCUT2D eigenvalue weighted by molar-refractivity contribution is -0.110. The largest absolute Gasteiger partial charge is 0.497 e. The van der Waals surface area contributed by atoms with E-state index in [-0.39, 0.29) is 5.91 Å². The first-order valence-electron chi connectivity index (χ1n) is 6.22. The summed E-state index contributed by atoms with van der Waals surface area (Å²) in [6, 6.07) is 5.75. The highest BCUT2D eigenvalue weighted by Gasteiger charge is 2.27. The minimum Gasteiger partial charge on any atom is -0.497 e. The van der Waals surface area contributed by atoms with Gasteiger partial charge < -0.3 is 15.4 Å². The monoisotopic (exact) mass is 244 g/mol. The third-order valence-corrected chi connectivity index (χ3v) is 3.53. The molecule has 0 aromatic heterocycles. The van der Waals surface area contributed by atoms with Gasteiger partial charge in [-0.25, -0.2) is 0 Å². The molecule has 3 rings (SSSR count). The normalized spacial score (nSPS) is 18.6. The van der Waals surface area contributed by atoms with Gasteiger partial charge in [0.1, 0.15) is 5.75 Å². The van der Waals surface area contributed by atoms with Crippen molar-refractivity contribution >= 4 is 17.2 Å². The number of carbonyl (C=O) groups excluding carboxylic acids is 1. The van der Waals surface area contributed by atoms with Crippen LogP contribution in [0.2, 0.25) is 0 Å². The zero-order valence-electron chi connectivity index (χ0n) is 10.4. The van der Waals surface area contributed by atoms with Crippen molar-refractivity contribution in [1.82, 2.24) is 5.32 Å². The van der Waals surface area contributed by atoms with Crippen LogP contribution in [0.1, 0.15) is 18.4 Å². The van der Waals surface area contributed by atoms with Crippen LogP contribution in [0.5, 0.6) is 5.75 Å². The van der Waals surface area contributed by atoms with Crippen molar-refractivity contribution in [1.29, 1.82) is 0 Å². The van der Waals surface area contributed by atoms with Crippen LogP contribution in [0.3, 0.4) is 0 Å². The average molecular weight is 244 g/mol. The van der Waals surface area contributed by atoms with E-state index in [1.807, 2.05) is 18.2 Å². The number of fused-ring (bicyclic) bond motifs is 1. The van der Waals surface area contributed by atoms with Crippen LogP contribution in [0.25, 0.3) is 5.57 Å². The van der Waals surface area contributed by atoms with E-state index < -0.39 is 0 Å². The quantitative estimate of drug-likeness (QED) is 0.740. The van der Waals surface area contributed by atoms with E-state index in [1.54, 1.807) is 7.11 Å². The molecule has 0 atom stereocenters. The highest BCUT2D eigenvalue weighted by molar-refractivity contribution is 6.32. The lowest BCUT2D eigenvalue weighted by atomic mass is 9.94. The second kappa shape index (κ2) is 4.46. The molecule has 4 nitrogen and oxygen atoms in total. The summed E-state index contributed by atoms with van der Waals surface area (Å²) in [6.45, 7) is 1.91. The topological polar surface area (TPSA) is 50.4 Å². The molecule has 1 saturated heterocycles. The minimum absolute atomic E-state index is 0.0233. The highest BCUT2D eigenvalue weighted by atomic mass is 16.5. The number of anilines is 1. The summed E-state index contributed by atoms with van der Waals surface area (Å²) < 4.78 is 5.18. The third-order valence-electron chi connectivity index (χ3n) is 3.53. The van der Waals surface area contributed by atoms with Gasteiger partial charge in [-0.05, 0) is 38.1 Å². The second-order valence-electron chi connectivity index (χ2n) is 4.59. The summed E-state index contributed by atoms with van der Waals surface area (Å²) in [7, 11) is 1.63. The lowest BCUT2D eigenvalue weighted by Gasteiger charge is -2.17. The summed E-state index contributed by atoms with van der Waals surface area (Å²) in [5.41, 5.74) is 4.00. The van der Waals surface area contributed by atoms with Crippen LogP contribution >= 0.6 is 0 Å². The number of hydrogen-bond acceptors (Lipinski definition) is 3. The zero-order valence-corrected chi connectivity index (χ0v) is 10.4. The molecule has 0 bridgehead atoms. The molecule has 1 aromatic carbocycles. The number of amides is 1. The summed E-state index contributed by atoms with van der Waals surface area (Å²) in [5, 5.41) is 6.23.